The monoisotopic (exact) mass is 325 g/mol. The van der Waals surface area contributed by atoms with E-state index in [9.17, 15) is 4.79 Å². The van der Waals surface area contributed by atoms with Crippen molar-refractivity contribution >= 4 is 22.6 Å². The van der Waals surface area contributed by atoms with Crippen molar-refractivity contribution in [2.24, 2.45) is 0 Å². The molecule has 2 aromatic carbocycles. The second-order valence-electron chi connectivity index (χ2n) is 5.46. The SMILES string of the molecule is O=C(Nc1cccc2nonc12)c1ccc2c(c1)OCCCCO2. The Morgan fingerprint density at radius 3 is 2.71 bits per heavy atom. The zero-order valence-corrected chi connectivity index (χ0v) is 12.8. The molecule has 3 aromatic rings. The molecule has 1 aliphatic heterocycles. The molecule has 7 nitrogen and oxygen atoms in total. The molecule has 1 N–H and O–H groups in total. The summed E-state index contributed by atoms with van der Waals surface area (Å²) >= 11 is 0. The summed E-state index contributed by atoms with van der Waals surface area (Å²) in [5.41, 5.74) is 2.12. The molecule has 0 radical (unpaired) electrons. The van der Waals surface area contributed by atoms with Gasteiger partial charge in [0.15, 0.2) is 17.0 Å². The van der Waals surface area contributed by atoms with Gasteiger partial charge in [-0.15, -0.1) is 0 Å². The summed E-state index contributed by atoms with van der Waals surface area (Å²) in [6, 6.07) is 10.4. The summed E-state index contributed by atoms with van der Waals surface area (Å²) < 4.78 is 16.0. The standard InChI is InChI=1S/C17H15N3O4/c21-17(18-12-4-3-5-13-16(12)20-24-19-13)11-6-7-14-15(10-11)23-9-2-1-8-22-14/h3-7,10H,1-2,8-9H2,(H,18,21). The third-order valence-electron chi connectivity index (χ3n) is 3.79. The van der Waals surface area contributed by atoms with Crippen molar-refractivity contribution in [3.8, 4) is 11.5 Å². The molecular formula is C17H15N3O4. The number of fused-ring (bicyclic) bond motifs is 2. The van der Waals surface area contributed by atoms with E-state index in [1.54, 1.807) is 36.4 Å². The molecule has 0 saturated heterocycles. The highest BCUT2D eigenvalue weighted by atomic mass is 16.6. The minimum absolute atomic E-state index is 0.265. The highest BCUT2D eigenvalue weighted by Crippen LogP contribution is 2.30. The van der Waals surface area contributed by atoms with Crippen molar-refractivity contribution in [3.63, 3.8) is 0 Å². The lowest BCUT2D eigenvalue weighted by Gasteiger charge is -2.17. The molecule has 0 unspecified atom stereocenters. The predicted molar refractivity (Wildman–Crippen MR) is 86.4 cm³/mol. The van der Waals surface area contributed by atoms with Crippen LogP contribution in [0.1, 0.15) is 23.2 Å². The maximum Gasteiger partial charge on any atom is 0.255 e. The van der Waals surface area contributed by atoms with Crippen LogP contribution in [0.2, 0.25) is 0 Å². The zero-order chi connectivity index (χ0) is 16.4. The smallest absolute Gasteiger partial charge is 0.255 e. The van der Waals surface area contributed by atoms with Gasteiger partial charge in [0.1, 0.15) is 5.52 Å². The number of rotatable bonds is 2. The first-order valence-electron chi connectivity index (χ1n) is 7.73. The zero-order valence-electron chi connectivity index (χ0n) is 12.8. The molecule has 0 saturated carbocycles. The highest BCUT2D eigenvalue weighted by molar-refractivity contribution is 6.08. The molecule has 0 bridgehead atoms. The number of ether oxygens (including phenoxy) is 2. The van der Waals surface area contributed by atoms with Gasteiger partial charge in [-0.2, -0.15) is 0 Å². The fraction of sp³-hybridized carbons (Fsp3) is 0.235. The molecular weight excluding hydrogens is 310 g/mol. The number of carbonyl (C=O) groups excluding carboxylic acids is 1. The van der Waals surface area contributed by atoms with Crippen molar-refractivity contribution in [1.29, 1.82) is 0 Å². The molecule has 7 heteroatoms. The van der Waals surface area contributed by atoms with Crippen LogP contribution in [-0.4, -0.2) is 29.4 Å². The molecule has 122 valence electrons. The van der Waals surface area contributed by atoms with Gasteiger partial charge in [0.25, 0.3) is 5.91 Å². The normalized spacial score (nSPS) is 14.0. The first-order valence-corrected chi connectivity index (χ1v) is 7.73. The lowest BCUT2D eigenvalue weighted by Crippen LogP contribution is -2.14. The Hall–Kier alpha value is -3.09. The molecule has 24 heavy (non-hydrogen) atoms. The predicted octanol–water partition coefficient (Wildman–Crippen LogP) is 3.03. The Balaban J connectivity index is 1.60. The maximum absolute atomic E-state index is 12.5. The summed E-state index contributed by atoms with van der Waals surface area (Å²) in [6.45, 7) is 1.27. The second kappa shape index (κ2) is 6.19. The third kappa shape index (κ3) is 2.76. The molecule has 2 heterocycles. The summed E-state index contributed by atoms with van der Waals surface area (Å²) in [4.78, 5) is 12.5. The first-order chi connectivity index (χ1) is 11.8. The van der Waals surface area contributed by atoms with Crippen LogP contribution in [0.5, 0.6) is 11.5 Å². The Morgan fingerprint density at radius 2 is 1.83 bits per heavy atom. The van der Waals surface area contributed by atoms with Crippen LogP contribution in [0.4, 0.5) is 5.69 Å². The van der Waals surface area contributed by atoms with Crippen LogP contribution in [-0.2, 0) is 0 Å². The van der Waals surface area contributed by atoms with Crippen LogP contribution in [0.15, 0.2) is 41.0 Å². The van der Waals surface area contributed by atoms with E-state index in [2.05, 4.69) is 15.6 Å². The summed E-state index contributed by atoms with van der Waals surface area (Å²) in [5, 5.41) is 10.4. The average Bonchev–Trinajstić information content (AvgIpc) is 3.05. The van der Waals surface area contributed by atoms with Gasteiger partial charge in [0, 0.05) is 5.56 Å². The van der Waals surface area contributed by atoms with Gasteiger partial charge in [-0.05, 0) is 53.5 Å². The van der Waals surface area contributed by atoms with E-state index in [4.69, 9.17) is 14.1 Å². The number of hydrogen-bond acceptors (Lipinski definition) is 6. The number of nitrogens with one attached hydrogen (secondary N) is 1. The second-order valence-corrected chi connectivity index (χ2v) is 5.46. The van der Waals surface area contributed by atoms with Crippen LogP contribution in [0.25, 0.3) is 11.0 Å². The third-order valence-corrected chi connectivity index (χ3v) is 3.79. The van der Waals surface area contributed by atoms with E-state index in [-0.39, 0.29) is 5.91 Å². The molecule has 1 amide bonds. The highest BCUT2D eigenvalue weighted by Gasteiger charge is 2.15. The molecule has 0 atom stereocenters. The Labute approximate surface area is 137 Å². The van der Waals surface area contributed by atoms with E-state index in [1.807, 2.05) is 0 Å². The molecule has 4 rings (SSSR count). The number of aromatic nitrogens is 2. The van der Waals surface area contributed by atoms with E-state index in [1.165, 1.54) is 0 Å². The van der Waals surface area contributed by atoms with Gasteiger partial charge < -0.3 is 14.8 Å². The van der Waals surface area contributed by atoms with E-state index >= 15 is 0 Å². The largest absolute Gasteiger partial charge is 0.490 e. The molecule has 0 fully saturated rings. The Kier molecular flexibility index (Phi) is 3.74. The van der Waals surface area contributed by atoms with Crippen molar-refractivity contribution in [3.05, 3.63) is 42.0 Å². The molecule has 1 aromatic heterocycles. The van der Waals surface area contributed by atoms with Crippen LogP contribution >= 0.6 is 0 Å². The van der Waals surface area contributed by atoms with Gasteiger partial charge in [-0.1, -0.05) is 6.07 Å². The number of benzene rings is 2. The summed E-state index contributed by atoms with van der Waals surface area (Å²) in [6.07, 6.45) is 1.88. The van der Waals surface area contributed by atoms with Gasteiger partial charge in [0.05, 0.1) is 18.9 Å². The van der Waals surface area contributed by atoms with E-state index < -0.39 is 0 Å². The fourth-order valence-corrected chi connectivity index (χ4v) is 2.55. The van der Waals surface area contributed by atoms with E-state index in [0.717, 1.165) is 12.8 Å². The van der Waals surface area contributed by atoms with Crippen LogP contribution in [0.3, 0.4) is 0 Å². The molecule has 1 aliphatic rings. The van der Waals surface area contributed by atoms with Gasteiger partial charge in [0.2, 0.25) is 0 Å². The Bertz CT molecular complexity index is 890. The lowest BCUT2D eigenvalue weighted by atomic mass is 10.1. The summed E-state index contributed by atoms with van der Waals surface area (Å²) in [5.74, 6) is 0.983. The quantitative estimate of drug-likeness (QED) is 0.779. The number of hydrogen-bond donors (Lipinski definition) is 1. The minimum Gasteiger partial charge on any atom is -0.490 e. The maximum atomic E-state index is 12.5. The lowest BCUT2D eigenvalue weighted by molar-refractivity contribution is 0.102. The number of anilines is 1. The molecule has 0 spiro atoms. The van der Waals surface area contributed by atoms with E-state index in [0.29, 0.717) is 47.0 Å². The minimum atomic E-state index is -0.265. The van der Waals surface area contributed by atoms with Crippen molar-refractivity contribution < 1.29 is 18.9 Å². The van der Waals surface area contributed by atoms with Gasteiger partial charge >= 0.3 is 0 Å². The summed E-state index contributed by atoms with van der Waals surface area (Å²) in [7, 11) is 0. The van der Waals surface area contributed by atoms with Crippen molar-refractivity contribution in [2.45, 2.75) is 12.8 Å². The van der Waals surface area contributed by atoms with Crippen molar-refractivity contribution in [1.82, 2.24) is 10.3 Å². The molecule has 0 aliphatic carbocycles. The van der Waals surface area contributed by atoms with Crippen LogP contribution < -0.4 is 14.8 Å². The topological polar surface area (TPSA) is 86.5 Å². The van der Waals surface area contributed by atoms with Gasteiger partial charge in [-0.25, -0.2) is 4.63 Å². The average molecular weight is 325 g/mol. The van der Waals surface area contributed by atoms with Gasteiger partial charge in [-0.3, -0.25) is 4.79 Å². The van der Waals surface area contributed by atoms with Crippen molar-refractivity contribution in [2.75, 3.05) is 18.5 Å². The fourth-order valence-electron chi connectivity index (χ4n) is 2.55. The Morgan fingerprint density at radius 1 is 1.00 bits per heavy atom. The number of carbonyl (C=O) groups is 1. The number of amides is 1. The first kappa shape index (κ1) is 14.5. The van der Waals surface area contributed by atoms with Crippen LogP contribution in [0, 0.1) is 0 Å². The number of nitrogens with zero attached hydrogens (tertiary/aromatic N) is 2.